The molecule has 1 heterocycles. The number of hydrogen-bond acceptors (Lipinski definition) is 3. The second-order valence-electron chi connectivity index (χ2n) is 5.57. The van der Waals surface area contributed by atoms with Crippen LogP contribution in [-0.4, -0.2) is 16.0 Å². The van der Waals surface area contributed by atoms with E-state index in [9.17, 15) is 0 Å². The molecule has 0 spiro atoms. The van der Waals surface area contributed by atoms with Crippen molar-refractivity contribution in [3.63, 3.8) is 0 Å². The van der Waals surface area contributed by atoms with E-state index in [2.05, 4.69) is 24.1 Å². The van der Waals surface area contributed by atoms with Crippen LogP contribution in [0.2, 0.25) is 0 Å². The fraction of sp³-hybridized carbons (Fsp3) is 0.600. The van der Waals surface area contributed by atoms with E-state index in [0.717, 1.165) is 22.9 Å². The fourth-order valence-electron chi connectivity index (χ4n) is 3.18. The number of hydrogen-bond donors (Lipinski definition) is 2. The van der Waals surface area contributed by atoms with Crippen LogP contribution in [0.3, 0.4) is 0 Å². The lowest BCUT2D eigenvalue weighted by atomic mass is 9.93. The van der Waals surface area contributed by atoms with E-state index in [4.69, 9.17) is 18.0 Å². The zero-order chi connectivity index (χ0) is 14.0. The zero-order valence-electron chi connectivity index (χ0n) is 11.9. The van der Waals surface area contributed by atoms with Crippen LogP contribution >= 0.6 is 12.2 Å². The van der Waals surface area contributed by atoms with Crippen LogP contribution in [0.1, 0.15) is 44.2 Å². The van der Waals surface area contributed by atoms with Gasteiger partial charge in [-0.3, -0.25) is 0 Å². The van der Waals surface area contributed by atoms with Crippen LogP contribution in [-0.2, 0) is 0 Å². The average Bonchev–Trinajstić information content (AvgIpc) is 2.70. The highest BCUT2D eigenvalue weighted by atomic mass is 32.1. The van der Waals surface area contributed by atoms with Crippen LogP contribution in [0.5, 0.6) is 0 Å². The summed E-state index contributed by atoms with van der Waals surface area (Å²) in [5.74, 6) is 2.34. The van der Waals surface area contributed by atoms with Gasteiger partial charge in [-0.05, 0) is 43.2 Å². The highest BCUT2D eigenvalue weighted by molar-refractivity contribution is 7.80. The first kappa shape index (κ1) is 14.3. The normalized spacial score (nSPS) is 26.4. The van der Waals surface area contributed by atoms with E-state index >= 15 is 0 Å². The molecular formula is C15H23N3S. The number of pyridine rings is 1. The molecule has 0 bridgehead atoms. The van der Waals surface area contributed by atoms with Crippen LogP contribution < -0.4 is 11.1 Å². The predicted octanol–water partition coefficient (Wildman–Crippen LogP) is 3.26. The summed E-state index contributed by atoms with van der Waals surface area (Å²) in [4.78, 5) is 4.85. The summed E-state index contributed by atoms with van der Waals surface area (Å²) in [6, 6.07) is 2.43. The first-order valence-corrected chi connectivity index (χ1v) is 7.47. The zero-order valence-corrected chi connectivity index (χ0v) is 12.8. The molecule has 1 aromatic rings. The minimum absolute atomic E-state index is 0.422. The summed E-state index contributed by atoms with van der Waals surface area (Å²) >= 11 is 5.15. The van der Waals surface area contributed by atoms with Crippen molar-refractivity contribution in [1.82, 2.24) is 4.98 Å². The van der Waals surface area contributed by atoms with E-state index in [0.29, 0.717) is 16.9 Å². The standard InChI is InChI=1S/C15H23N3S/c1-4-11-5-6-12(10(11)3)18-15-13(14(16)19)9(2)7-8-17-15/h7-8,10-12H,4-6H2,1-3H3,(H2,16,19)(H,17,18). The molecule has 104 valence electrons. The van der Waals surface area contributed by atoms with Gasteiger partial charge in [0.1, 0.15) is 10.8 Å². The smallest absolute Gasteiger partial charge is 0.136 e. The molecule has 1 aliphatic rings. The van der Waals surface area contributed by atoms with Crippen LogP contribution in [0.15, 0.2) is 12.3 Å². The van der Waals surface area contributed by atoms with Gasteiger partial charge in [0.2, 0.25) is 0 Å². The van der Waals surface area contributed by atoms with Gasteiger partial charge in [0.15, 0.2) is 0 Å². The number of anilines is 1. The Morgan fingerprint density at radius 2 is 2.26 bits per heavy atom. The number of aryl methyl sites for hydroxylation is 1. The first-order chi connectivity index (χ1) is 9.04. The Kier molecular flexibility index (Phi) is 4.40. The number of aromatic nitrogens is 1. The second-order valence-corrected chi connectivity index (χ2v) is 6.01. The van der Waals surface area contributed by atoms with Crippen molar-refractivity contribution in [2.75, 3.05) is 5.32 Å². The van der Waals surface area contributed by atoms with Crippen LogP contribution in [0.4, 0.5) is 5.82 Å². The summed E-state index contributed by atoms with van der Waals surface area (Å²) in [5.41, 5.74) is 7.81. The summed E-state index contributed by atoms with van der Waals surface area (Å²) in [5, 5.41) is 3.57. The lowest BCUT2D eigenvalue weighted by molar-refractivity contribution is 0.391. The first-order valence-electron chi connectivity index (χ1n) is 7.06. The number of thiocarbonyl (C=S) groups is 1. The number of nitrogens with two attached hydrogens (primary N) is 1. The minimum atomic E-state index is 0.422. The molecule has 1 aromatic heterocycles. The van der Waals surface area contributed by atoms with E-state index in [1.54, 1.807) is 0 Å². The Morgan fingerprint density at radius 3 is 2.84 bits per heavy atom. The molecule has 3 N–H and O–H groups in total. The van der Waals surface area contributed by atoms with Gasteiger partial charge in [0.05, 0.1) is 5.56 Å². The fourth-order valence-corrected chi connectivity index (χ4v) is 3.44. The van der Waals surface area contributed by atoms with Crippen molar-refractivity contribution in [1.29, 1.82) is 0 Å². The molecule has 3 atom stereocenters. The van der Waals surface area contributed by atoms with E-state index in [1.807, 2.05) is 19.2 Å². The van der Waals surface area contributed by atoms with Gasteiger partial charge in [-0.2, -0.15) is 0 Å². The minimum Gasteiger partial charge on any atom is -0.389 e. The molecule has 0 aliphatic heterocycles. The molecule has 19 heavy (non-hydrogen) atoms. The quantitative estimate of drug-likeness (QED) is 0.829. The maximum atomic E-state index is 5.83. The Balaban J connectivity index is 2.20. The molecular weight excluding hydrogens is 254 g/mol. The van der Waals surface area contributed by atoms with E-state index in [-0.39, 0.29) is 0 Å². The Hall–Kier alpha value is -1.16. The SMILES string of the molecule is CCC1CCC(Nc2nccc(C)c2C(N)=S)C1C. The Morgan fingerprint density at radius 1 is 1.53 bits per heavy atom. The number of nitrogens with zero attached hydrogens (tertiary/aromatic N) is 1. The third kappa shape index (κ3) is 2.89. The van der Waals surface area contributed by atoms with Crippen molar-refractivity contribution in [2.45, 2.75) is 46.1 Å². The molecule has 0 amide bonds. The molecule has 2 rings (SSSR count). The van der Waals surface area contributed by atoms with Crippen LogP contribution in [0.25, 0.3) is 0 Å². The lowest BCUT2D eigenvalue weighted by Crippen LogP contribution is -2.27. The summed E-state index contributed by atoms with van der Waals surface area (Å²) in [6.45, 7) is 6.62. The maximum absolute atomic E-state index is 5.83. The molecule has 4 heteroatoms. The largest absolute Gasteiger partial charge is 0.389 e. The predicted molar refractivity (Wildman–Crippen MR) is 84.5 cm³/mol. The van der Waals surface area contributed by atoms with E-state index in [1.165, 1.54) is 19.3 Å². The molecule has 1 fully saturated rings. The lowest BCUT2D eigenvalue weighted by Gasteiger charge is -2.23. The van der Waals surface area contributed by atoms with Gasteiger partial charge in [0, 0.05) is 12.2 Å². The number of nitrogens with one attached hydrogen (secondary N) is 1. The highest BCUT2D eigenvalue weighted by Crippen LogP contribution is 2.36. The topological polar surface area (TPSA) is 50.9 Å². The van der Waals surface area contributed by atoms with Crippen molar-refractivity contribution >= 4 is 23.0 Å². The summed E-state index contributed by atoms with van der Waals surface area (Å²) < 4.78 is 0. The van der Waals surface area contributed by atoms with Gasteiger partial charge in [-0.1, -0.05) is 32.5 Å². The average molecular weight is 277 g/mol. The maximum Gasteiger partial charge on any atom is 0.136 e. The molecule has 0 radical (unpaired) electrons. The summed E-state index contributed by atoms with van der Waals surface area (Å²) in [7, 11) is 0. The van der Waals surface area contributed by atoms with Gasteiger partial charge in [-0.15, -0.1) is 0 Å². The van der Waals surface area contributed by atoms with Crippen LogP contribution in [0, 0.1) is 18.8 Å². The van der Waals surface area contributed by atoms with Gasteiger partial charge in [-0.25, -0.2) is 4.98 Å². The van der Waals surface area contributed by atoms with Crippen molar-refractivity contribution < 1.29 is 0 Å². The Bertz CT molecular complexity index is 472. The monoisotopic (exact) mass is 277 g/mol. The summed E-state index contributed by atoms with van der Waals surface area (Å²) in [6.07, 6.45) is 5.56. The second kappa shape index (κ2) is 5.87. The van der Waals surface area contributed by atoms with Crippen molar-refractivity contribution in [3.8, 4) is 0 Å². The number of rotatable bonds is 4. The van der Waals surface area contributed by atoms with Crippen molar-refractivity contribution in [2.24, 2.45) is 17.6 Å². The Labute approximate surface area is 121 Å². The van der Waals surface area contributed by atoms with E-state index < -0.39 is 0 Å². The molecule has 3 unspecified atom stereocenters. The van der Waals surface area contributed by atoms with Crippen molar-refractivity contribution in [3.05, 3.63) is 23.4 Å². The third-order valence-electron chi connectivity index (χ3n) is 4.48. The van der Waals surface area contributed by atoms with Gasteiger partial charge in [0.25, 0.3) is 0 Å². The molecule has 1 aliphatic carbocycles. The highest BCUT2D eigenvalue weighted by Gasteiger charge is 2.32. The molecule has 0 saturated heterocycles. The molecule has 3 nitrogen and oxygen atoms in total. The third-order valence-corrected chi connectivity index (χ3v) is 4.68. The van der Waals surface area contributed by atoms with Gasteiger partial charge >= 0.3 is 0 Å². The molecule has 0 aromatic carbocycles. The molecule has 1 saturated carbocycles. The van der Waals surface area contributed by atoms with Gasteiger partial charge < -0.3 is 11.1 Å².